The standard InChI is InChI=1S/C15H26N2O/c1-12(2)10-15(3,18)11-13-8-9-17(16-13)14-6-4-5-7-14/h8-9,12,14,18H,4-7,10-11H2,1-3H3. The molecule has 3 heteroatoms. The molecule has 0 amide bonds. The van der Waals surface area contributed by atoms with Gasteiger partial charge in [0.15, 0.2) is 0 Å². The predicted octanol–water partition coefficient (Wildman–Crippen LogP) is 3.34. The highest BCUT2D eigenvalue weighted by atomic mass is 16.3. The third-order valence-electron chi connectivity index (χ3n) is 3.77. The van der Waals surface area contributed by atoms with E-state index in [-0.39, 0.29) is 0 Å². The summed E-state index contributed by atoms with van der Waals surface area (Å²) >= 11 is 0. The predicted molar refractivity (Wildman–Crippen MR) is 73.5 cm³/mol. The highest BCUT2D eigenvalue weighted by Crippen LogP contribution is 2.29. The molecule has 0 aliphatic heterocycles. The van der Waals surface area contributed by atoms with Crippen molar-refractivity contribution in [3.8, 4) is 0 Å². The molecule has 1 aliphatic rings. The van der Waals surface area contributed by atoms with Gasteiger partial charge in [-0.05, 0) is 38.2 Å². The van der Waals surface area contributed by atoms with Gasteiger partial charge >= 0.3 is 0 Å². The largest absolute Gasteiger partial charge is 0.390 e. The molecule has 18 heavy (non-hydrogen) atoms. The topological polar surface area (TPSA) is 38.0 Å². The van der Waals surface area contributed by atoms with Gasteiger partial charge in [-0.1, -0.05) is 26.7 Å². The lowest BCUT2D eigenvalue weighted by atomic mass is 9.90. The van der Waals surface area contributed by atoms with E-state index in [9.17, 15) is 5.11 Å². The fourth-order valence-corrected chi connectivity index (χ4v) is 3.19. The molecule has 1 saturated carbocycles. The van der Waals surface area contributed by atoms with Crippen LogP contribution < -0.4 is 0 Å². The van der Waals surface area contributed by atoms with Crippen molar-refractivity contribution in [1.29, 1.82) is 0 Å². The van der Waals surface area contributed by atoms with Crippen molar-refractivity contribution in [2.45, 2.75) is 70.9 Å². The zero-order valence-corrected chi connectivity index (χ0v) is 11.9. The van der Waals surface area contributed by atoms with Crippen LogP contribution in [0.25, 0.3) is 0 Å². The first kappa shape index (κ1) is 13.6. The summed E-state index contributed by atoms with van der Waals surface area (Å²) < 4.78 is 2.10. The van der Waals surface area contributed by atoms with Gasteiger partial charge in [0.2, 0.25) is 0 Å². The van der Waals surface area contributed by atoms with Crippen LogP contribution in [0.5, 0.6) is 0 Å². The molecule has 0 spiro atoms. The van der Waals surface area contributed by atoms with Crippen LogP contribution in [0.1, 0.15) is 64.6 Å². The van der Waals surface area contributed by atoms with E-state index < -0.39 is 5.60 Å². The quantitative estimate of drug-likeness (QED) is 0.870. The van der Waals surface area contributed by atoms with E-state index >= 15 is 0 Å². The van der Waals surface area contributed by atoms with Crippen molar-refractivity contribution in [2.75, 3.05) is 0 Å². The summed E-state index contributed by atoms with van der Waals surface area (Å²) in [5, 5.41) is 15.0. The molecule has 0 radical (unpaired) electrons. The summed E-state index contributed by atoms with van der Waals surface area (Å²) in [6.07, 6.45) is 8.72. The molecule has 1 heterocycles. The first-order chi connectivity index (χ1) is 8.46. The third kappa shape index (κ3) is 3.58. The van der Waals surface area contributed by atoms with Crippen LogP contribution in [0.3, 0.4) is 0 Å². The van der Waals surface area contributed by atoms with Crippen molar-refractivity contribution < 1.29 is 5.11 Å². The molecule has 1 aliphatic carbocycles. The molecule has 1 unspecified atom stereocenters. The maximum absolute atomic E-state index is 10.4. The number of nitrogens with zero attached hydrogens (tertiary/aromatic N) is 2. The zero-order valence-electron chi connectivity index (χ0n) is 11.9. The van der Waals surface area contributed by atoms with Gasteiger partial charge in [0.25, 0.3) is 0 Å². The Morgan fingerprint density at radius 3 is 2.72 bits per heavy atom. The second-order valence-corrected chi connectivity index (χ2v) is 6.50. The van der Waals surface area contributed by atoms with Gasteiger partial charge in [-0.2, -0.15) is 5.10 Å². The van der Waals surface area contributed by atoms with Crippen LogP contribution in [0.15, 0.2) is 12.3 Å². The maximum atomic E-state index is 10.4. The first-order valence-electron chi connectivity index (χ1n) is 7.23. The number of hydrogen-bond donors (Lipinski definition) is 1. The molecule has 1 N–H and O–H groups in total. The molecule has 1 aromatic heterocycles. The SMILES string of the molecule is CC(C)CC(C)(O)Cc1ccn(C2CCCC2)n1. The van der Waals surface area contributed by atoms with E-state index in [0.717, 1.165) is 12.1 Å². The van der Waals surface area contributed by atoms with Crippen molar-refractivity contribution in [1.82, 2.24) is 9.78 Å². The lowest BCUT2D eigenvalue weighted by molar-refractivity contribution is 0.0377. The van der Waals surface area contributed by atoms with E-state index in [0.29, 0.717) is 18.4 Å². The Morgan fingerprint density at radius 1 is 1.44 bits per heavy atom. The molecular weight excluding hydrogens is 224 g/mol. The minimum Gasteiger partial charge on any atom is -0.390 e. The monoisotopic (exact) mass is 250 g/mol. The Bertz CT molecular complexity index is 376. The summed E-state index contributed by atoms with van der Waals surface area (Å²) in [6, 6.07) is 2.65. The molecule has 1 atom stereocenters. The average Bonchev–Trinajstić information content (AvgIpc) is 2.82. The Hall–Kier alpha value is -0.830. The van der Waals surface area contributed by atoms with Crippen LogP contribution >= 0.6 is 0 Å². The lowest BCUT2D eigenvalue weighted by Crippen LogP contribution is -2.29. The number of hydrogen-bond acceptors (Lipinski definition) is 2. The Labute approximate surface area is 110 Å². The van der Waals surface area contributed by atoms with Crippen LogP contribution in [0, 0.1) is 5.92 Å². The van der Waals surface area contributed by atoms with Gasteiger partial charge < -0.3 is 5.11 Å². The van der Waals surface area contributed by atoms with Crippen LogP contribution in [-0.2, 0) is 6.42 Å². The molecule has 1 aromatic rings. The molecular formula is C15H26N2O. The molecule has 2 rings (SSSR count). The third-order valence-corrected chi connectivity index (χ3v) is 3.77. The van der Waals surface area contributed by atoms with Crippen LogP contribution in [0.2, 0.25) is 0 Å². The normalized spacial score (nSPS) is 20.5. The lowest BCUT2D eigenvalue weighted by Gasteiger charge is -2.24. The van der Waals surface area contributed by atoms with Crippen LogP contribution in [0.4, 0.5) is 0 Å². The van der Waals surface area contributed by atoms with E-state index in [2.05, 4.69) is 35.9 Å². The number of aromatic nitrogens is 2. The van der Waals surface area contributed by atoms with E-state index in [1.165, 1.54) is 25.7 Å². The average molecular weight is 250 g/mol. The van der Waals surface area contributed by atoms with Crippen molar-refractivity contribution in [3.05, 3.63) is 18.0 Å². The van der Waals surface area contributed by atoms with Gasteiger partial charge in [-0.25, -0.2) is 0 Å². The van der Waals surface area contributed by atoms with Crippen LogP contribution in [-0.4, -0.2) is 20.5 Å². The van der Waals surface area contributed by atoms with E-state index in [1.807, 2.05) is 6.92 Å². The van der Waals surface area contributed by atoms with E-state index in [1.54, 1.807) is 0 Å². The van der Waals surface area contributed by atoms with Crippen molar-refractivity contribution in [2.24, 2.45) is 5.92 Å². The minimum absolute atomic E-state index is 0.511. The summed E-state index contributed by atoms with van der Waals surface area (Å²) in [6.45, 7) is 6.21. The number of aliphatic hydroxyl groups is 1. The second kappa shape index (κ2) is 5.43. The van der Waals surface area contributed by atoms with Gasteiger partial charge in [-0.15, -0.1) is 0 Å². The molecule has 0 saturated heterocycles. The van der Waals surface area contributed by atoms with Crippen molar-refractivity contribution in [3.63, 3.8) is 0 Å². The fourth-order valence-electron chi connectivity index (χ4n) is 3.19. The fraction of sp³-hybridized carbons (Fsp3) is 0.800. The summed E-state index contributed by atoms with van der Waals surface area (Å²) in [7, 11) is 0. The highest BCUT2D eigenvalue weighted by Gasteiger charge is 2.24. The highest BCUT2D eigenvalue weighted by molar-refractivity contribution is 5.04. The Balaban J connectivity index is 1.97. The van der Waals surface area contributed by atoms with Gasteiger partial charge in [0, 0.05) is 12.6 Å². The smallest absolute Gasteiger partial charge is 0.0678 e. The molecule has 0 aromatic carbocycles. The molecule has 102 valence electrons. The minimum atomic E-state index is -0.636. The summed E-state index contributed by atoms with van der Waals surface area (Å²) in [5.41, 5.74) is 0.385. The molecule has 1 fully saturated rings. The summed E-state index contributed by atoms with van der Waals surface area (Å²) in [5.74, 6) is 0.511. The molecule has 0 bridgehead atoms. The van der Waals surface area contributed by atoms with E-state index in [4.69, 9.17) is 0 Å². The zero-order chi connectivity index (χ0) is 13.2. The first-order valence-corrected chi connectivity index (χ1v) is 7.23. The second-order valence-electron chi connectivity index (χ2n) is 6.50. The van der Waals surface area contributed by atoms with Gasteiger partial charge in [0.05, 0.1) is 17.3 Å². The number of rotatable bonds is 5. The van der Waals surface area contributed by atoms with Crippen molar-refractivity contribution >= 4 is 0 Å². The Morgan fingerprint density at radius 2 is 2.11 bits per heavy atom. The Kier molecular flexibility index (Phi) is 4.10. The maximum Gasteiger partial charge on any atom is 0.0678 e. The van der Waals surface area contributed by atoms with Gasteiger partial charge in [-0.3, -0.25) is 4.68 Å². The van der Waals surface area contributed by atoms with Gasteiger partial charge in [0.1, 0.15) is 0 Å². The molecule has 3 nitrogen and oxygen atoms in total. The summed E-state index contributed by atoms with van der Waals surface area (Å²) in [4.78, 5) is 0.